The second-order valence-corrected chi connectivity index (χ2v) is 5.84. The number of aromatic amines is 1. The van der Waals surface area contributed by atoms with E-state index in [1.54, 1.807) is 25.1 Å². The molecular weight excluding hydrogens is 376 g/mol. The van der Waals surface area contributed by atoms with Crippen molar-refractivity contribution in [2.75, 3.05) is 26.1 Å². The van der Waals surface area contributed by atoms with Gasteiger partial charge in [0.25, 0.3) is 5.56 Å². The first-order valence-corrected chi connectivity index (χ1v) is 8.79. The Kier molecular flexibility index (Phi) is 7.21. The fraction of sp³-hybridized carbons (Fsp3) is 0.300. The number of nitrogens with zero attached hydrogens (tertiary/aromatic N) is 2. The van der Waals surface area contributed by atoms with Crippen LogP contribution in [0.2, 0.25) is 0 Å². The van der Waals surface area contributed by atoms with E-state index < -0.39 is 5.56 Å². The van der Waals surface area contributed by atoms with E-state index >= 15 is 0 Å². The highest BCUT2D eigenvalue weighted by atomic mass is 16.5. The van der Waals surface area contributed by atoms with E-state index in [-0.39, 0.29) is 41.5 Å². The fourth-order valence-corrected chi connectivity index (χ4v) is 2.71. The zero-order chi connectivity index (χ0) is 21.4. The molecule has 1 aromatic heterocycles. The van der Waals surface area contributed by atoms with Gasteiger partial charge in [-0.2, -0.15) is 10.5 Å². The summed E-state index contributed by atoms with van der Waals surface area (Å²) in [5.41, 5.74) is 5.34. The zero-order valence-electron chi connectivity index (χ0n) is 16.1. The molecule has 0 radical (unpaired) electrons. The highest BCUT2D eigenvalue weighted by Crippen LogP contribution is 2.35. The van der Waals surface area contributed by atoms with E-state index in [1.807, 2.05) is 12.1 Å². The van der Waals surface area contributed by atoms with Crippen LogP contribution in [0.1, 0.15) is 30.9 Å². The number of anilines is 1. The number of esters is 1. The summed E-state index contributed by atoms with van der Waals surface area (Å²) in [5, 5.41) is 18.8. The maximum atomic E-state index is 12.1. The summed E-state index contributed by atoms with van der Waals surface area (Å²) in [5.74, 6) is 0.313. The molecule has 0 atom stereocenters. The van der Waals surface area contributed by atoms with Gasteiger partial charge in [-0.1, -0.05) is 6.07 Å². The second kappa shape index (κ2) is 9.81. The molecular formula is C20H20N4O5. The van der Waals surface area contributed by atoms with Crippen molar-refractivity contribution in [3.8, 4) is 34.8 Å². The Morgan fingerprint density at radius 2 is 1.93 bits per heavy atom. The third-order valence-electron chi connectivity index (χ3n) is 4.01. The van der Waals surface area contributed by atoms with Crippen molar-refractivity contribution >= 4 is 11.8 Å². The van der Waals surface area contributed by atoms with Gasteiger partial charge in [0.2, 0.25) is 0 Å². The van der Waals surface area contributed by atoms with Gasteiger partial charge in [0, 0.05) is 12.0 Å². The number of carbonyl (C=O) groups excluding carboxylic acids is 1. The molecule has 9 heteroatoms. The molecule has 9 nitrogen and oxygen atoms in total. The molecule has 2 aromatic rings. The lowest BCUT2D eigenvalue weighted by Crippen LogP contribution is -2.16. The summed E-state index contributed by atoms with van der Waals surface area (Å²) in [6, 6.07) is 8.48. The SMILES string of the molecule is CCOC(=O)CCCOc1cc(-c2c(C#N)c(N)[nH]c(=O)c2C#N)ccc1OC. The van der Waals surface area contributed by atoms with E-state index in [0.29, 0.717) is 30.1 Å². The molecule has 0 bridgehead atoms. The average molecular weight is 396 g/mol. The van der Waals surface area contributed by atoms with Gasteiger partial charge in [-0.3, -0.25) is 9.59 Å². The maximum absolute atomic E-state index is 12.1. The molecule has 0 aliphatic heterocycles. The number of nitrogens with two attached hydrogens (primary N) is 1. The number of aromatic nitrogens is 1. The zero-order valence-corrected chi connectivity index (χ0v) is 16.1. The third kappa shape index (κ3) is 4.85. The lowest BCUT2D eigenvalue weighted by atomic mass is 9.96. The van der Waals surface area contributed by atoms with Gasteiger partial charge < -0.3 is 24.9 Å². The van der Waals surface area contributed by atoms with E-state index in [0.717, 1.165) is 0 Å². The highest BCUT2D eigenvalue weighted by Gasteiger charge is 2.19. The number of methoxy groups -OCH3 is 1. The van der Waals surface area contributed by atoms with Gasteiger partial charge >= 0.3 is 5.97 Å². The summed E-state index contributed by atoms with van der Waals surface area (Å²) in [4.78, 5) is 25.8. The predicted molar refractivity (Wildman–Crippen MR) is 104 cm³/mol. The molecule has 1 heterocycles. The molecule has 29 heavy (non-hydrogen) atoms. The standard InChI is InChI=1S/C20H20N4O5/c1-3-28-17(25)5-4-8-29-16-9-12(6-7-15(16)27-2)18-13(10-21)19(23)24-20(26)14(18)11-22/h6-7,9H,3-5,8H2,1-2H3,(H3,23,24,26). The minimum atomic E-state index is -0.688. The number of ether oxygens (including phenoxy) is 3. The first kappa shape index (κ1) is 21.3. The van der Waals surface area contributed by atoms with E-state index in [1.165, 1.54) is 7.11 Å². The van der Waals surface area contributed by atoms with Crippen molar-refractivity contribution < 1.29 is 19.0 Å². The first-order chi connectivity index (χ1) is 14.0. The maximum Gasteiger partial charge on any atom is 0.305 e. The van der Waals surface area contributed by atoms with Gasteiger partial charge in [0.15, 0.2) is 11.5 Å². The quantitative estimate of drug-likeness (QED) is 0.508. The molecule has 150 valence electrons. The van der Waals surface area contributed by atoms with Crippen LogP contribution in [-0.2, 0) is 9.53 Å². The number of benzene rings is 1. The molecule has 0 unspecified atom stereocenters. The van der Waals surface area contributed by atoms with E-state index in [4.69, 9.17) is 19.9 Å². The first-order valence-electron chi connectivity index (χ1n) is 8.79. The van der Waals surface area contributed by atoms with E-state index in [9.17, 15) is 20.1 Å². The van der Waals surface area contributed by atoms with Crippen molar-refractivity contribution in [2.24, 2.45) is 0 Å². The van der Waals surface area contributed by atoms with Gasteiger partial charge in [0.05, 0.1) is 20.3 Å². The van der Waals surface area contributed by atoms with Crippen molar-refractivity contribution in [2.45, 2.75) is 19.8 Å². The largest absolute Gasteiger partial charge is 0.493 e. The molecule has 1 aromatic carbocycles. The molecule has 0 saturated heterocycles. The number of carbonyl (C=O) groups is 1. The molecule has 2 rings (SSSR count). The number of nitriles is 2. The minimum absolute atomic E-state index is 0.0143. The van der Waals surface area contributed by atoms with Crippen LogP contribution in [0.25, 0.3) is 11.1 Å². The van der Waals surface area contributed by atoms with Crippen molar-refractivity contribution in [1.82, 2.24) is 4.98 Å². The van der Waals surface area contributed by atoms with Crippen LogP contribution in [0, 0.1) is 22.7 Å². The molecule has 0 spiro atoms. The number of nitrogens with one attached hydrogen (secondary N) is 1. The summed E-state index contributed by atoms with van der Waals surface area (Å²) in [6.45, 7) is 2.26. The van der Waals surface area contributed by atoms with Crippen LogP contribution in [0.4, 0.5) is 5.82 Å². The van der Waals surface area contributed by atoms with Crippen LogP contribution >= 0.6 is 0 Å². The van der Waals surface area contributed by atoms with Gasteiger partial charge in [-0.15, -0.1) is 0 Å². The number of H-pyrrole nitrogens is 1. The fourth-order valence-electron chi connectivity index (χ4n) is 2.71. The van der Waals surface area contributed by atoms with E-state index in [2.05, 4.69) is 4.98 Å². The summed E-state index contributed by atoms with van der Waals surface area (Å²) in [7, 11) is 1.47. The lowest BCUT2D eigenvalue weighted by molar-refractivity contribution is -0.143. The van der Waals surface area contributed by atoms with Crippen molar-refractivity contribution in [3.63, 3.8) is 0 Å². The van der Waals surface area contributed by atoms with Crippen LogP contribution < -0.4 is 20.8 Å². The van der Waals surface area contributed by atoms with Crippen LogP contribution in [-0.4, -0.2) is 31.3 Å². The number of pyridine rings is 1. The van der Waals surface area contributed by atoms with Gasteiger partial charge in [0.1, 0.15) is 29.1 Å². The Labute approximate surface area is 167 Å². The Morgan fingerprint density at radius 3 is 2.55 bits per heavy atom. The normalized spacial score (nSPS) is 9.93. The minimum Gasteiger partial charge on any atom is -0.493 e. The molecule has 0 aliphatic rings. The predicted octanol–water partition coefficient (Wildman–Crippen LogP) is 2.10. The number of hydrogen-bond acceptors (Lipinski definition) is 8. The van der Waals surface area contributed by atoms with Crippen LogP contribution in [0.3, 0.4) is 0 Å². The van der Waals surface area contributed by atoms with Crippen molar-refractivity contribution in [3.05, 3.63) is 39.7 Å². The third-order valence-corrected chi connectivity index (χ3v) is 4.01. The van der Waals surface area contributed by atoms with Crippen LogP contribution in [0.5, 0.6) is 11.5 Å². The van der Waals surface area contributed by atoms with Crippen LogP contribution in [0.15, 0.2) is 23.0 Å². The van der Waals surface area contributed by atoms with Gasteiger partial charge in [-0.25, -0.2) is 0 Å². The van der Waals surface area contributed by atoms with Gasteiger partial charge in [-0.05, 0) is 31.0 Å². The average Bonchev–Trinajstić information content (AvgIpc) is 2.70. The molecule has 0 fully saturated rings. The Morgan fingerprint density at radius 1 is 1.21 bits per heavy atom. The molecule has 0 aliphatic carbocycles. The number of hydrogen-bond donors (Lipinski definition) is 2. The summed E-state index contributed by atoms with van der Waals surface area (Å²) < 4.78 is 15.8. The highest BCUT2D eigenvalue weighted by molar-refractivity contribution is 5.81. The number of rotatable bonds is 8. The summed E-state index contributed by atoms with van der Waals surface area (Å²) >= 11 is 0. The monoisotopic (exact) mass is 396 g/mol. The Bertz CT molecular complexity index is 1050. The molecule has 3 N–H and O–H groups in total. The molecule has 0 saturated carbocycles. The van der Waals surface area contributed by atoms with Crippen molar-refractivity contribution in [1.29, 1.82) is 10.5 Å². The topological polar surface area (TPSA) is 151 Å². The molecule has 0 amide bonds. The number of nitrogen functional groups attached to an aromatic ring is 1. The second-order valence-electron chi connectivity index (χ2n) is 5.84. The lowest BCUT2D eigenvalue weighted by Gasteiger charge is -2.14. The smallest absolute Gasteiger partial charge is 0.305 e. The Hall–Kier alpha value is -3.98. The Balaban J connectivity index is 2.39. The summed E-state index contributed by atoms with van der Waals surface area (Å²) in [6.07, 6.45) is 0.634.